The van der Waals surface area contributed by atoms with Gasteiger partial charge >= 0.3 is 6.10 Å². The highest BCUT2D eigenvalue weighted by Crippen LogP contribution is 2.38. The number of rotatable bonds is 13. The molecule has 0 spiro atoms. The number of Topliss-reactive ketones (excluding diaryl/α,β-unsaturated/α-hetero) is 2. The molecule has 1 amide bonds. The minimum atomic E-state index is -3.01. The predicted octanol–water partition coefficient (Wildman–Crippen LogP) is -1.60. The molecule has 1 saturated carbocycles. The van der Waals surface area contributed by atoms with E-state index in [1.165, 1.54) is 19.0 Å². The quantitative estimate of drug-likeness (QED) is 0.0968. The van der Waals surface area contributed by atoms with Crippen molar-refractivity contribution >= 4 is 17.5 Å². The van der Waals surface area contributed by atoms with Gasteiger partial charge in [-0.05, 0) is 33.2 Å². The Labute approximate surface area is 207 Å². The van der Waals surface area contributed by atoms with Crippen LogP contribution in [-0.4, -0.2) is 123 Å². The van der Waals surface area contributed by atoms with Crippen LogP contribution in [0.15, 0.2) is 0 Å². The molecule has 12 nitrogen and oxygen atoms in total. The number of hydrogen-bond acceptors (Lipinski definition) is 11. The van der Waals surface area contributed by atoms with Crippen molar-refractivity contribution in [1.82, 2.24) is 20.2 Å². The SMILES string of the molecule is CCCCC(CC(CC)NC(=O)CC1(C)C(=O)C(=O)C(O)C(O)C1N(C)N(C)C)N(C)C(O)(O)O. The van der Waals surface area contributed by atoms with Crippen LogP contribution in [-0.2, 0) is 14.4 Å². The van der Waals surface area contributed by atoms with Crippen molar-refractivity contribution in [2.24, 2.45) is 5.41 Å². The molecule has 1 aliphatic rings. The molecule has 1 fully saturated rings. The third-order valence-electron chi connectivity index (χ3n) is 7.20. The summed E-state index contributed by atoms with van der Waals surface area (Å²) in [6, 6.07) is -1.92. The van der Waals surface area contributed by atoms with Crippen molar-refractivity contribution in [3.05, 3.63) is 0 Å². The molecule has 6 atom stereocenters. The summed E-state index contributed by atoms with van der Waals surface area (Å²) >= 11 is 0. The standard InChI is InChI=1S/C23H44N4O8/c1-8-10-11-15(26(6)23(33,34)35)12-14(9-2)24-16(28)13-22(3)20(27(7)25(4)5)18(30)17(29)19(31)21(22)32/h14-15,17-18,20,29-30,33-35H,8-13H2,1-7H3,(H,24,28). The number of hydrazine groups is 1. The molecule has 0 saturated heterocycles. The van der Waals surface area contributed by atoms with Gasteiger partial charge in [0.1, 0.15) is 12.2 Å². The van der Waals surface area contributed by atoms with E-state index in [0.29, 0.717) is 19.3 Å². The molecule has 0 radical (unpaired) electrons. The van der Waals surface area contributed by atoms with E-state index in [4.69, 9.17) is 0 Å². The van der Waals surface area contributed by atoms with E-state index in [2.05, 4.69) is 5.32 Å². The fraction of sp³-hybridized carbons (Fsp3) is 0.870. The molecule has 1 rings (SSSR count). The second-order valence-corrected chi connectivity index (χ2v) is 10.0. The van der Waals surface area contributed by atoms with Gasteiger partial charge in [-0.25, -0.2) is 14.9 Å². The van der Waals surface area contributed by atoms with Gasteiger partial charge in [-0.2, -0.15) is 0 Å². The van der Waals surface area contributed by atoms with E-state index in [0.717, 1.165) is 17.7 Å². The highest BCUT2D eigenvalue weighted by molar-refractivity contribution is 6.42. The average molecular weight is 505 g/mol. The molecule has 204 valence electrons. The molecule has 0 heterocycles. The smallest absolute Gasteiger partial charge is 0.345 e. The Kier molecular flexibility index (Phi) is 11.4. The Morgan fingerprint density at radius 2 is 1.69 bits per heavy atom. The number of ketones is 2. The van der Waals surface area contributed by atoms with Crippen molar-refractivity contribution in [1.29, 1.82) is 0 Å². The average Bonchev–Trinajstić information content (AvgIpc) is 2.77. The highest BCUT2D eigenvalue weighted by Gasteiger charge is 2.58. The predicted molar refractivity (Wildman–Crippen MR) is 127 cm³/mol. The Morgan fingerprint density at radius 3 is 2.14 bits per heavy atom. The third kappa shape index (κ3) is 7.49. The van der Waals surface area contributed by atoms with Crippen LogP contribution in [0.3, 0.4) is 0 Å². The van der Waals surface area contributed by atoms with Gasteiger partial charge in [-0.3, -0.25) is 14.4 Å². The summed E-state index contributed by atoms with van der Waals surface area (Å²) in [5, 5.41) is 55.6. The zero-order valence-electron chi connectivity index (χ0n) is 21.9. The second-order valence-electron chi connectivity index (χ2n) is 10.0. The van der Waals surface area contributed by atoms with Gasteiger partial charge < -0.3 is 30.8 Å². The lowest BCUT2D eigenvalue weighted by Gasteiger charge is -2.49. The zero-order valence-corrected chi connectivity index (χ0v) is 21.9. The van der Waals surface area contributed by atoms with Gasteiger partial charge in [0.2, 0.25) is 17.5 Å². The first kappa shape index (κ1) is 31.5. The molecule has 12 heteroatoms. The number of carbonyl (C=O) groups excluding carboxylic acids is 3. The highest BCUT2D eigenvalue weighted by atomic mass is 16.7. The number of hydrogen-bond donors (Lipinski definition) is 6. The Balaban J connectivity index is 3.13. The fourth-order valence-electron chi connectivity index (χ4n) is 4.74. The van der Waals surface area contributed by atoms with Crippen LogP contribution in [0.1, 0.15) is 59.3 Å². The molecule has 0 aliphatic heterocycles. The Hall–Kier alpha value is -1.51. The van der Waals surface area contributed by atoms with Gasteiger partial charge in [-0.1, -0.05) is 26.7 Å². The van der Waals surface area contributed by atoms with E-state index in [-0.39, 0.29) is 0 Å². The lowest BCUT2D eigenvalue weighted by atomic mass is 9.65. The van der Waals surface area contributed by atoms with Crippen LogP contribution in [0.25, 0.3) is 0 Å². The van der Waals surface area contributed by atoms with Crippen LogP contribution in [0.4, 0.5) is 0 Å². The van der Waals surface area contributed by atoms with Gasteiger partial charge in [0.15, 0.2) is 0 Å². The monoisotopic (exact) mass is 504 g/mol. The number of carbonyl (C=O) groups is 3. The number of aliphatic hydroxyl groups excluding tert-OH is 2. The number of aliphatic hydroxyl groups is 5. The molecular formula is C23H44N4O8. The van der Waals surface area contributed by atoms with Gasteiger partial charge in [-0.15, -0.1) is 0 Å². The minimum Gasteiger partial charge on any atom is -0.388 e. The number of unbranched alkanes of at least 4 members (excludes halogenated alkanes) is 1. The van der Waals surface area contributed by atoms with Crippen LogP contribution >= 0.6 is 0 Å². The van der Waals surface area contributed by atoms with Gasteiger partial charge in [0, 0.05) is 39.6 Å². The number of nitrogens with one attached hydrogen (secondary N) is 1. The minimum absolute atomic E-state index is 0.300. The summed E-state index contributed by atoms with van der Waals surface area (Å²) in [6.07, 6.45) is -3.91. The Morgan fingerprint density at radius 1 is 1.11 bits per heavy atom. The molecule has 1 aliphatic carbocycles. The zero-order chi connectivity index (χ0) is 27.3. The molecule has 0 aromatic rings. The summed E-state index contributed by atoms with van der Waals surface area (Å²) in [5.41, 5.74) is -1.61. The van der Waals surface area contributed by atoms with E-state index >= 15 is 0 Å². The number of amides is 1. The second kappa shape index (κ2) is 12.6. The first-order valence-corrected chi connectivity index (χ1v) is 12.1. The molecule has 6 unspecified atom stereocenters. The molecule has 0 aromatic heterocycles. The summed E-state index contributed by atoms with van der Waals surface area (Å²) in [5.74, 6) is -2.58. The molecular weight excluding hydrogens is 460 g/mol. The van der Waals surface area contributed by atoms with Crippen molar-refractivity contribution in [2.75, 3.05) is 28.2 Å². The summed E-state index contributed by atoms with van der Waals surface area (Å²) in [7, 11) is 6.30. The van der Waals surface area contributed by atoms with Gasteiger partial charge in [0.05, 0.1) is 11.5 Å². The van der Waals surface area contributed by atoms with Crippen LogP contribution in [0.2, 0.25) is 0 Å². The van der Waals surface area contributed by atoms with E-state index in [1.54, 1.807) is 26.2 Å². The van der Waals surface area contributed by atoms with Gasteiger partial charge in [0.25, 0.3) is 0 Å². The van der Waals surface area contributed by atoms with E-state index in [9.17, 15) is 39.9 Å². The molecule has 35 heavy (non-hydrogen) atoms. The normalized spacial score (nSPS) is 27.6. The van der Waals surface area contributed by atoms with Crippen LogP contribution in [0.5, 0.6) is 0 Å². The first-order chi connectivity index (χ1) is 16.0. The largest absolute Gasteiger partial charge is 0.388 e. The maximum absolute atomic E-state index is 13.1. The number of likely N-dealkylation sites (N-methyl/N-ethyl adjacent to an activating group) is 1. The van der Waals surface area contributed by atoms with E-state index in [1.807, 2.05) is 13.8 Å². The van der Waals surface area contributed by atoms with Crippen molar-refractivity contribution in [2.45, 2.75) is 95.7 Å². The fourth-order valence-corrected chi connectivity index (χ4v) is 4.74. The van der Waals surface area contributed by atoms with Crippen molar-refractivity contribution in [3.8, 4) is 0 Å². The third-order valence-corrected chi connectivity index (χ3v) is 7.20. The van der Waals surface area contributed by atoms with Crippen LogP contribution in [0, 0.1) is 5.41 Å². The lowest BCUT2D eigenvalue weighted by molar-refractivity contribution is -0.396. The van der Waals surface area contributed by atoms with Crippen molar-refractivity contribution in [3.63, 3.8) is 0 Å². The first-order valence-electron chi connectivity index (χ1n) is 12.1. The summed E-state index contributed by atoms with van der Waals surface area (Å²) in [4.78, 5) is 39.5. The molecule has 6 N–H and O–H groups in total. The summed E-state index contributed by atoms with van der Waals surface area (Å²) in [6.45, 7) is 5.25. The van der Waals surface area contributed by atoms with Crippen molar-refractivity contribution < 1.29 is 39.9 Å². The molecule has 0 bridgehead atoms. The maximum Gasteiger partial charge on any atom is 0.345 e. The lowest BCUT2D eigenvalue weighted by Crippen LogP contribution is -2.69. The topological polar surface area (TPSA) is 174 Å². The summed E-state index contributed by atoms with van der Waals surface area (Å²) < 4.78 is 0. The Bertz CT molecular complexity index is 744. The maximum atomic E-state index is 13.1. The number of nitrogens with zero attached hydrogens (tertiary/aromatic N) is 3. The van der Waals surface area contributed by atoms with E-state index < -0.39 is 65.7 Å². The molecule has 0 aromatic carbocycles. The van der Waals surface area contributed by atoms with Crippen LogP contribution < -0.4 is 5.32 Å².